The Bertz CT molecular complexity index is 2750. The molecule has 2 aliphatic rings. The molecule has 2 aromatic carbocycles. The molecule has 6 heterocycles. The summed E-state index contributed by atoms with van der Waals surface area (Å²) in [5.74, 6) is -2.14. The summed E-state index contributed by atoms with van der Waals surface area (Å²) in [7, 11) is 0. The topological polar surface area (TPSA) is 206 Å². The minimum atomic E-state index is -0.877. The molecular weight excluding hydrogens is 917 g/mol. The summed E-state index contributed by atoms with van der Waals surface area (Å²) in [6.07, 6.45) is -0.722. The number of benzene rings is 2. The number of nitrogens with zero attached hydrogens (tertiary/aromatic N) is 6. The standard InChI is InChI=1S/C51H60N8O8S2/c1-9-40(50(63)58-22-38(60)20-41(58)48(61)54-29(5)33-10-14-35(15-11-33)46-31(7)52-25-68-46)43-19-37(57-66-43)24-65-39-21-42(59(23-39)51(64)45(27(2)3)44-18-28(4)56-67-44)49(62)55-30(6)34-12-16-36(17-13-34)47-32(8)53-26-69-47/h10-19,25-27,29-30,38-42,45,60H,9,20-24H2,1-8H3,(H,54,61)(H,55,62)/t29-,30-,38+,39+,40+,41-,42-,45+/m0/s1. The van der Waals surface area contributed by atoms with E-state index in [4.69, 9.17) is 13.8 Å². The van der Waals surface area contributed by atoms with Crippen LogP contribution in [0.5, 0.6) is 0 Å². The van der Waals surface area contributed by atoms with Crippen molar-refractivity contribution in [3.63, 3.8) is 0 Å². The second-order valence-electron chi connectivity index (χ2n) is 18.6. The number of thiazole rings is 2. The van der Waals surface area contributed by atoms with E-state index < -0.39 is 36.1 Å². The lowest BCUT2D eigenvalue weighted by atomic mass is 9.91. The minimum absolute atomic E-state index is 0.00639. The van der Waals surface area contributed by atoms with Gasteiger partial charge in [0.25, 0.3) is 0 Å². The fourth-order valence-electron chi connectivity index (χ4n) is 9.41. The van der Waals surface area contributed by atoms with E-state index in [2.05, 4.69) is 30.9 Å². The summed E-state index contributed by atoms with van der Waals surface area (Å²) in [6, 6.07) is 17.0. The normalized spacial score (nSPS) is 20.0. The molecule has 0 spiro atoms. The Morgan fingerprint density at radius 3 is 1.77 bits per heavy atom. The van der Waals surface area contributed by atoms with Crippen LogP contribution in [0.15, 0.2) is 80.7 Å². The Labute approximate surface area is 409 Å². The van der Waals surface area contributed by atoms with E-state index in [-0.39, 0.29) is 74.2 Å². The second kappa shape index (κ2) is 21.3. The summed E-state index contributed by atoms with van der Waals surface area (Å²) < 4.78 is 17.7. The molecule has 2 aliphatic heterocycles. The average Bonchev–Trinajstić information content (AvgIpc) is 4.21. The molecule has 4 amide bonds. The number of amides is 4. The molecule has 0 unspecified atom stereocenters. The van der Waals surface area contributed by atoms with Gasteiger partial charge in [-0.05, 0) is 69.2 Å². The molecule has 6 aromatic rings. The van der Waals surface area contributed by atoms with Crippen molar-refractivity contribution >= 4 is 46.3 Å². The number of ether oxygens (including phenoxy) is 1. The molecule has 16 nitrogen and oxygen atoms in total. The summed E-state index contributed by atoms with van der Waals surface area (Å²) >= 11 is 3.15. The first-order chi connectivity index (χ1) is 33.1. The van der Waals surface area contributed by atoms with Crippen molar-refractivity contribution in [2.24, 2.45) is 5.92 Å². The van der Waals surface area contributed by atoms with Crippen molar-refractivity contribution < 1.29 is 38.1 Å². The van der Waals surface area contributed by atoms with Gasteiger partial charge in [-0.1, -0.05) is 79.6 Å². The van der Waals surface area contributed by atoms with Crippen LogP contribution in [-0.2, 0) is 30.5 Å². The van der Waals surface area contributed by atoms with Crippen LogP contribution in [0, 0.1) is 26.7 Å². The van der Waals surface area contributed by atoms with E-state index in [0.717, 1.165) is 43.4 Å². The van der Waals surface area contributed by atoms with Crippen molar-refractivity contribution in [2.75, 3.05) is 13.1 Å². The van der Waals surface area contributed by atoms with E-state index >= 15 is 0 Å². The maximum absolute atomic E-state index is 14.5. The van der Waals surface area contributed by atoms with E-state index in [0.29, 0.717) is 29.3 Å². The molecule has 4 aromatic heterocycles. The molecule has 364 valence electrons. The average molecular weight is 977 g/mol. The number of nitrogens with one attached hydrogen (secondary N) is 2. The highest BCUT2D eigenvalue weighted by Gasteiger charge is 2.45. The number of aromatic nitrogens is 4. The second-order valence-corrected chi connectivity index (χ2v) is 20.3. The number of aliphatic hydroxyl groups is 1. The van der Waals surface area contributed by atoms with Gasteiger partial charge in [0.05, 0.1) is 74.7 Å². The van der Waals surface area contributed by atoms with Crippen molar-refractivity contribution in [1.82, 2.24) is 40.7 Å². The van der Waals surface area contributed by atoms with Crippen LogP contribution in [0.4, 0.5) is 0 Å². The molecule has 0 saturated carbocycles. The molecule has 2 saturated heterocycles. The van der Waals surface area contributed by atoms with Crippen molar-refractivity contribution in [1.29, 1.82) is 0 Å². The number of rotatable bonds is 17. The number of carbonyl (C=O) groups excluding carboxylic acids is 4. The molecule has 3 N–H and O–H groups in total. The highest BCUT2D eigenvalue weighted by molar-refractivity contribution is 7.13. The van der Waals surface area contributed by atoms with Gasteiger partial charge < -0.3 is 39.3 Å². The number of hydrogen-bond donors (Lipinski definition) is 3. The zero-order valence-corrected chi connectivity index (χ0v) is 41.8. The SMILES string of the molecule is CC[C@@H](C(=O)N1C[C@H](O)C[C@H]1C(=O)N[C@@H](C)c1ccc(-c2scnc2C)cc1)c1cc(CO[C@@H]2C[C@@H](C(=O)N[C@@H](C)c3ccc(-c4scnc4C)cc3)N(C(=O)[C@@H](c3cc(C)no3)C(C)C)C2)no1. The highest BCUT2D eigenvalue weighted by Crippen LogP contribution is 2.35. The first-order valence-corrected chi connectivity index (χ1v) is 25.3. The number of carbonyl (C=O) groups is 4. The van der Waals surface area contributed by atoms with Gasteiger partial charge in [-0.25, -0.2) is 9.97 Å². The first-order valence-electron chi connectivity index (χ1n) is 23.5. The lowest BCUT2D eigenvalue weighted by Crippen LogP contribution is -2.48. The first kappa shape index (κ1) is 49.3. The zero-order valence-electron chi connectivity index (χ0n) is 40.2. The summed E-state index contributed by atoms with van der Waals surface area (Å²) in [5.41, 5.74) is 10.6. The molecule has 69 heavy (non-hydrogen) atoms. The highest BCUT2D eigenvalue weighted by atomic mass is 32.1. The number of aryl methyl sites for hydroxylation is 3. The third kappa shape index (κ3) is 10.9. The molecule has 8 rings (SSSR count). The van der Waals surface area contributed by atoms with E-state index in [9.17, 15) is 24.3 Å². The number of β-amino-alcohol motifs (C(OH)–C–C–N with tert-alkyl or cyclic N) is 1. The van der Waals surface area contributed by atoms with Gasteiger partial charge in [0.1, 0.15) is 35.2 Å². The van der Waals surface area contributed by atoms with E-state index in [1.807, 2.05) is 108 Å². The van der Waals surface area contributed by atoms with E-state index in [1.54, 1.807) is 46.6 Å². The smallest absolute Gasteiger partial charge is 0.243 e. The number of aliphatic hydroxyl groups excluding tert-OH is 1. The molecule has 18 heteroatoms. The van der Waals surface area contributed by atoms with Crippen LogP contribution in [0.1, 0.15) is 123 Å². The maximum atomic E-state index is 14.5. The van der Waals surface area contributed by atoms with Gasteiger partial charge in [-0.2, -0.15) is 0 Å². The van der Waals surface area contributed by atoms with Gasteiger partial charge >= 0.3 is 0 Å². The van der Waals surface area contributed by atoms with Gasteiger partial charge in [-0.3, -0.25) is 19.2 Å². The number of hydrogen-bond acceptors (Lipinski definition) is 14. The predicted octanol–water partition coefficient (Wildman–Crippen LogP) is 7.97. The number of likely N-dealkylation sites (tertiary alicyclic amines) is 2. The Morgan fingerprint density at radius 2 is 1.28 bits per heavy atom. The van der Waals surface area contributed by atoms with Crippen LogP contribution in [-0.4, -0.2) is 96.2 Å². The van der Waals surface area contributed by atoms with Crippen LogP contribution in [0.25, 0.3) is 20.9 Å². The third-order valence-corrected chi connectivity index (χ3v) is 15.2. The Hall–Kier alpha value is -6.08. The van der Waals surface area contributed by atoms with Gasteiger partial charge in [0.2, 0.25) is 23.6 Å². The molecular formula is C51H60N8O8S2. The van der Waals surface area contributed by atoms with Crippen molar-refractivity contribution in [3.8, 4) is 20.9 Å². The zero-order chi connectivity index (χ0) is 49.1. The Kier molecular flexibility index (Phi) is 15.2. The van der Waals surface area contributed by atoms with Crippen molar-refractivity contribution in [2.45, 2.75) is 129 Å². The lowest BCUT2D eigenvalue weighted by Gasteiger charge is -2.29. The molecule has 0 aliphatic carbocycles. The monoisotopic (exact) mass is 976 g/mol. The van der Waals surface area contributed by atoms with Crippen LogP contribution in [0.2, 0.25) is 0 Å². The maximum Gasteiger partial charge on any atom is 0.243 e. The van der Waals surface area contributed by atoms with E-state index in [1.165, 1.54) is 4.90 Å². The van der Waals surface area contributed by atoms with Crippen LogP contribution < -0.4 is 10.6 Å². The minimum Gasteiger partial charge on any atom is -0.391 e. The molecule has 8 atom stereocenters. The van der Waals surface area contributed by atoms with Gasteiger partial charge in [0, 0.05) is 38.1 Å². The fourth-order valence-corrected chi connectivity index (χ4v) is 11.0. The Morgan fingerprint density at radius 1 is 0.739 bits per heavy atom. The summed E-state index contributed by atoms with van der Waals surface area (Å²) in [4.78, 5) is 70.6. The van der Waals surface area contributed by atoms with Gasteiger partial charge in [-0.15, -0.1) is 22.7 Å². The van der Waals surface area contributed by atoms with Gasteiger partial charge in [0.15, 0.2) is 0 Å². The lowest BCUT2D eigenvalue weighted by molar-refractivity contribution is -0.141. The molecule has 0 bridgehead atoms. The quantitative estimate of drug-likeness (QED) is 0.0796. The van der Waals surface area contributed by atoms with Crippen LogP contribution >= 0.6 is 22.7 Å². The summed E-state index contributed by atoms with van der Waals surface area (Å²) in [5, 5.41) is 25.2. The molecule has 2 fully saturated rings. The largest absolute Gasteiger partial charge is 0.391 e. The fraction of sp³-hybridized carbons (Fsp3) is 0.451. The van der Waals surface area contributed by atoms with Crippen molar-refractivity contribution in [3.05, 3.63) is 117 Å². The Balaban J connectivity index is 0.920. The molecule has 0 radical (unpaired) electrons. The predicted molar refractivity (Wildman–Crippen MR) is 261 cm³/mol. The third-order valence-electron chi connectivity index (χ3n) is 13.2. The summed E-state index contributed by atoms with van der Waals surface area (Å²) in [6.45, 7) is 15.4. The van der Waals surface area contributed by atoms with Crippen LogP contribution in [0.3, 0.4) is 0 Å².